The Bertz CT molecular complexity index is 1300. The molecule has 278 valence electrons. The van der Waals surface area contributed by atoms with Crippen molar-refractivity contribution in [3.05, 3.63) is 71.8 Å². The highest BCUT2D eigenvalue weighted by Gasteiger charge is 2.54. The number of carbonyl (C=O) groups is 3. The number of ether oxygens (including phenoxy) is 9. The third-order valence-corrected chi connectivity index (χ3v) is 8.27. The van der Waals surface area contributed by atoms with Crippen molar-refractivity contribution in [1.29, 1.82) is 0 Å². The number of hydrogen-bond acceptors (Lipinski definition) is 13. The minimum Gasteiger partial charge on any atom is -0.467 e. The highest BCUT2D eigenvalue weighted by molar-refractivity contribution is 6.92. The molecule has 2 aromatic rings. The van der Waals surface area contributed by atoms with E-state index in [2.05, 4.69) is 0 Å². The summed E-state index contributed by atoms with van der Waals surface area (Å²) in [7, 11) is 2.66. The largest absolute Gasteiger partial charge is 0.467 e. The molecule has 4 rings (SSSR count). The Kier molecular flexibility index (Phi) is 17.7. The van der Waals surface area contributed by atoms with Crippen LogP contribution >= 0.6 is 9.90 Å². The van der Waals surface area contributed by atoms with Gasteiger partial charge in [-0.1, -0.05) is 63.1 Å². The number of hydrogen-bond donors (Lipinski definition) is 1. The molecule has 14 heteroatoms. The van der Waals surface area contributed by atoms with Crippen molar-refractivity contribution in [2.24, 2.45) is 0 Å². The number of carbonyl (C=O) groups excluding carboxylic acids is 3. The lowest BCUT2D eigenvalue weighted by Crippen LogP contribution is -2.64. The van der Waals surface area contributed by atoms with Gasteiger partial charge in [0.15, 0.2) is 24.8 Å². The van der Waals surface area contributed by atoms with E-state index in [-0.39, 0.29) is 35.1 Å². The Morgan fingerprint density at radius 2 is 1.40 bits per heavy atom. The van der Waals surface area contributed by atoms with Gasteiger partial charge in [-0.05, 0) is 37.1 Å². The molecule has 0 bridgehead atoms. The second-order valence-corrected chi connectivity index (χ2v) is 11.8. The molecule has 0 aromatic heterocycles. The summed E-state index contributed by atoms with van der Waals surface area (Å²) in [5, 5.41) is 11.4. The Balaban J connectivity index is 0.00000676. The van der Waals surface area contributed by atoms with Crippen LogP contribution in [0.25, 0.3) is 0 Å². The average molecular weight is 723 g/mol. The van der Waals surface area contributed by atoms with E-state index >= 15 is 0 Å². The van der Waals surface area contributed by atoms with Crippen molar-refractivity contribution >= 4 is 27.8 Å². The van der Waals surface area contributed by atoms with Crippen LogP contribution in [0.15, 0.2) is 60.7 Å². The molecule has 2 aromatic carbocycles. The predicted octanol–water partition coefficient (Wildman–Crippen LogP) is 3.90. The molecule has 0 amide bonds. The van der Waals surface area contributed by atoms with Crippen LogP contribution in [0.3, 0.4) is 0 Å². The Labute approximate surface area is 296 Å². The lowest BCUT2D eigenvalue weighted by atomic mass is 9.97. The van der Waals surface area contributed by atoms with Gasteiger partial charge in [-0.25, -0.2) is 14.4 Å². The molecule has 0 aliphatic carbocycles. The zero-order valence-corrected chi connectivity index (χ0v) is 30.6. The number of esters is 3. The van der Waals surface area contributed by atoms with Crippen molar-refractivity contribution in [2.75, 3.05) is 34.0 Å². The molecular formula is C36H51O13P. The van der Waals surface area contributed by atoms with Crippen LogP contribution in [0.5, 0.6) is 0 Å². The molecule has 1 N–H and O–H groups in total. The lowest BCUT2D eigenvalue weighted by Gasteiger charge is -2.46. The molecule has 4 unspecified atom stereocenters. The number of unbranched alkanes of at least 4 members (excludes halogenated alkanes) is 2. The molecule has 2 aliphatic rings. The second-order valence-electron chi connectivity index (χ2n) is 11.8. The van der Waals surface area contributed by atoms with Gasteiger partial charge in [0.1, 0.15) is 31.0 Å². The zero-order valence-electron chi connectivity index (χ0n) is 29.2. The number of benzene rings is 2. The summed E-state index contributed by atoms with van der Waals surface area (Å²) >= 11 is 0. The van der Waals surface area contributed by atoms with Gasteiger partial charge in [-0.2, -0.15) is 9.90 Å². The van der Waals surface area contributed by atoms with Crippen LogP contribution in [-0.4, -0.2) is 112 Å². The average Bonchev–Trinajstić information content (AvgIpc) is 3.13. The predicted molar refractivity (Wildman–Crippen MR) is 185 cm³/mol. The van der Waals surface area contributed by atoms with Gasteiger partial charge in [0.25, 0.3) is 0 Å². The molecule has 2 aliphatic heterocycles. The number of aliphatic hydroxyl groups excluding tert-OH is 1. The van der Waals surface area contributed by atoms with E-state index in [1.54, 1.807) is 60.7 Å². The molecule has 0 saturated carbocycles. The van der Waals surface area contributed by atoms with Gasteiger partial charge >= 0.3 is 17.9 Å². The molecule has 10 atom stereocenters. The van der Waals surface area contributed by atoms with E-state index in [4.69, 9.17) is 42.6 Å². The van der Waals surface area contributed by atoms with Crippen molar-refractivity contribution in [1.82, 2.24) is 0 Å². The Morgan fingerprint density at radius 3 is 1.98 bits per heavy atom. The van der Waals surface area contributed by atoms with Gasteiger partial charge in [-0.15, -0.1) is 0 Å². The van der Waals surface area contributed by atoms with Crippen molar-refractivity contribution in [2.45, 2.75) is 101 Å². The maximum Gasteiger partial charge on any atom is 0.338 e. The molecule has 2 fully saturated rings. The van der Waals surface area contributed by atoms with Gasteiger partial charge in [0, 0.05) is 26.7 Å². The molecule has 0 radical (unpaired) electrons. The summed E-state index contributed by atoms with van der Waals surface area (Å²) in [4.78, 5) is 39.2. The van der Waals surface area contributed by atoms with E-state index in [9.17, 15) is 19.5 Å². The monoisotopic (exact) mass is 722 g/mol. The van der Waals surface area contributed by atoms with Crippen LogP contribution in [0.2, 0.25) is 0 Å². The fourth-order valence-corrected chi connectivity index (χ4v) is 5.55. The standard InChI is InChI=1S/C36H48O13.H3P/c1-5-7-19-43-25-21-27(41-3)46-26(22-45-33(38)23-15-11-9-12-16-23)29(25)48-36-32(47-34(39)24-17-13-10-14-18-24)30(44-20-8-6-2)28(37)31(49-36)35(40)42-4;/h9-18,25-32,36-37H,5-8,19-22H2,1-4H3;1H3/t25-,26?,27+,28+,29+,30?,31?,32+,36-;/m1./s1. The van der Waals surface area contributed by atoms with Crippen LogP contribution in [0.1, 0.15) is 66.7 Å². The fraction of sp³-hybridized carbons (Fsp3) is 0.583. The van der Waals surface area contributed by atoms with Crippen LogP contribution in [-0.2, 0) is 47.4 Å². The molecule has 0 spiro atoms. The minimum atomic E-state index is -1.57. The van der Waals surface area contributed by atoms with E-state index in [1.807, 2.05) is 13.8 Å². The summed E-state index contributed by atoms with van der Waals surface area (Å²) in [5.41, 5.74) is 0.592. The fourth-order valence-electron chi connectivity index (χ4n) is 5.55. The normalized spacial score (nSPS) is 27.8. The first-order valence-electron chi connectivity index (χ1n) is 16.8. The van der Waals surface area contributed by atoms with E-state index in [0.717, 1.165) is 26.4 Å². The number of aliphatic hydroxyl groups is 1. The SMILES string of the molecule is CCCCOC1[C@H](O)C(C(=O)OC)O[C@@H](O[C@@H]2C(COC(=O)c3ccccc3)O[C@H](OC)C[C@H]2OCCCC)[C@H]1OC(=O)c1ccccc1.P. The summed E-state index contributed by atoms with van der Waals surface area (Å²) < 4.78 is 53.3. The summed E-state index contributed by atoms with van der Waals surface area (Å²) in [5.74, 6) is -2.17. The van der Waals surface area contributed by atoms with E-state index in [0.29, 0.717) is 18.6 Å². The third kappa shape index (κ3) is 11.2. The summed E-state index contributed by atoms with van der Waals surface area (Å²) in [6.07, 6.45) is -7.22. The third-order valence-electron chi connectivity index (χ3n) is 8.27. The van der Waals surface area contributed by atoms with Crippen LogP contribution in [0.4, 0.5) is 0 Å². The molecule has 13 nitrogen and oxygen atoms in total. The highest BCUT2D eigenvalue weighted by Crippen LogP contribution is 2.34. The first-order chi connectivity index (χ1) is 23.8. The van der Waals surface area contributed by atoms with Crippen molar-refractivity contribution in [3.63, 3.8) is 0 Å². The van der Waals surface area contributed by atoms with E-state index < -0.39 is 73.2 Å². The van der Waals surface area contributed by atoms with Crippen LogP contribution < -0.4 is 0 Å². The molecule has 2 saturated heterocycles. The smallest absolute Gasteiger partial charge is 0.338 e. The molecule has 2 heterocycles. The van der Waals surface area contributed by atoms with Crippen molar-refractivity contribution in [3.8, 4) is 0 Å². The molecule has 50 heavy (non-hydrogen) atoms. The highest BCUT2D eigenvalue weighted by atomic mass is 31.0. The number of methoxy groups -OCH3 is 2. The maximum absolute atomic E-state index is 13.4. The quantitative estimate of drug-likeness (QED) is 0.109. The Hall–Kier alpha value is -3.00. The number of rotatable bonds is 17. The first-order valence-corrected chi connectivity index (χ1v) is 16.8. The summed E-state index contributed by atoms with van der Waals surface area (Å²) in [6.45, 7) is 4.33. The van der Waals surface area contributed by atoms with Gasteiger partial charge in [0.2, 0.25) is 0 Å². The Morgan fingerprint density at radius 1 is 0.800 bits per heavy atom. The van der Waals surface area contributed by atoms with Gasteiger partial charge in [0.05, 0.1) is 24.3 Å². The first kappa shape index (κ1) is 41.4. The van der Waals surface area contributed by atoms with Gasteiger partial charge < -0.3 is 47.7 Å². The molecular weight excluding hydrogens is 671 g/mol. The van der Waals surface area contributed by atoms with Crippen molar-refractivity contribution < 1.29 is 62.1 Å². The second kappa shape index (κ2) is 21.4. The van der Waals surface area contributed by atoms with Gasteiger partial charge in [-0.3, -0.25) is 0 Å². The topological polar surface area (TPSA) is 155 Å². The van der Waals surface area contributed by atoms with Crippen LogP contribution in [0, 0.1) is 0 Å². The zero-order chi connectivity index (χ0) is 35.2. The lowest BCUT2D eigenvalue weighted by molar-refractivity contribution is -0.343. The maximum atomic E-state index is 13.4. The van der Waals surface area contributed by atoms with E-state index in [1.165, 1.54) is 7.11 Å². The summed E-state index contributed by atoms with van der Waals surface area (Å²) in [6, 6.07) is 16.8. The minimum absolute atomic E-state index is 0.